The molecule has 1 amide bonds. The van der Waals surface area contributed by atoms with Crippen LogP contribution < -0.4 is 10.6 Å². The van der Waals surface area contributed by atoms with Gasteiger partial charge in [-0.15, -0.1) is 0 Å². The molecular weight excluding hydrogens is 380 g/mol. The largest absolute Gasteiger partial charge is 0.480 e. The molecule has 3 aromatic rings. The summed E-state index contributed by atoms with van der Waals surface area (Å²) < 4.78 is 0. The van der Waals surface area contributed by atoms with E-state index >= 15 is 0 Å². The highest BCUT2D eigenvalue weighted by atomic mass is 16.4. The van der Waals surface area contributed by atoms with Crippen LogP contribution in [0.4, 0.5) is 5.95 Å². The number of anilines is 1. The zero-order valence-corrected chi connectivity index (χ0v) is 17.0. The summed E-state index contributed by atoms with van der Waals surface area (Å²) >= 11 is 0. The van der Waals surface area contributed by atoms with Gasteiger partial charge in [0.2, 0.25) is 5.95 Å². The average molecular weight is 404 g/mol. The molecule has 7 nitrogen and oxygen atoms in total. The number of aromatic nitrogens is 2. The molecule has 3 N–H and O–H groups in total. The van der Waals surface area contributed by atoms with E-state index in [1.54, 1.807) is 13.1 Å². The lowest BCUT2D eigenvalue weighted by Gasteiger charge is -2.13. The van der Waals surface area contributed by atoms with Crippen molar-refractivity contribution in [3.8, 4) is 11.1 Å². The first kappa shape index (κ1) is 19.8. The topological polar surface area (TPSA) is 104 Å². The van der Waals surface area contributed by atoms with Crippen LogP contribution in [0.2, 0.25) is 0 Å². The predicted molar refractivity (Wildman–Crippen MR) is 116 cm³/mol. The maximum atomic E-state index is 12.4. The molecule has 1 heterocycles. The molecule has 30 heavy (non-hydrogen) atoms. The molecule has 4 rings (SSSR count). The molecule has 154 valence electrons. The molecule has 0 spiro atoms. The molecule has 1 atom stereocenters. The van der Waals surface area contributed by atoms with E-state index in [2.05, 4.69) is 20.6 Å². The Balaban J connectivity index is 1.62. The number of hydrogen-bond donors (Lipinski definition) is 3. The van der Waals surface area contributed by atoms with Gasteiger partial charge in [0.05, 0.1) is 5.52 Å². The second-order valence-corrected chi connectivity index (χ2v) is 7.69. The number of nitrogens with zero attached hydrogens (tertiary/aromatic N) is 2. The monoisotopic (exact) mass is 404 g/mol. The highest BCUT2D eigenvalue weighted by Crippen LogP contribution is 2.28. The van der Waals surface area contributed by atoms with Crippen molar-refractivity contribution < 1.29 is 14.7 Å². The smallest absolute Gasteiger partial charge is 0.326 e. The van der Waals surface area contributed by atoms with Crippen LogP contribution in [-0.4, -0.2) is 39.0 Å². The van der Waals surface area contributed by atoms with E-state index in [-0.39, 0.29) is 5.91 Å². The minimum atomic E-state index is -0.933. The van der Waals surface area contributed by atoms with Crippen molar-refractivity contribution in [2.45, 2.75) is 45.2 Å². The Morgan fingerprint density at radius 3 is 2.70 bits per heavy atom. The standard InChI is InChI=1S/C23H24N4O3/c1-3-19(22(29)30)26-23-24-12-16-10-14(6-9-20(16)27-23)18-11-15(5-4-13(18)2)21(28)25-17-7-8-17/h4-6,9-12,17,19H,3,7-8H2,1-2H3,(H,25,28)(H,29,30)(H,24,26,27)/t19-/m0/s1. The van der Waals surface area contributed by atoms with Crippen molar-refractivity contribution in [3.05, 3.63) is 53.7 Å². The Morgan fingerprint density at radius 1 is 1.20 bits per heavy atom. The van der Waals surface area contributed by atoms with Crippen LogP contribution in [0.1, 0.15) is 42.1 Å². The second kappa shape index (κ2) is 8.10. The van der Waals surface area contributed by atoms with Gasteiger partial charge in [-0.3, -0.25) is 4.79 Å². The van der Waals surface area contributed by atoms with Gasteiger partial charge in [-0.25, -0.2) is 14.8 Å². The van der Waals surface area contributed by atoms with Crippen LogP contribution in [0.5, 0.6) is 0 Å². The van der Waals surface area contributed by atoms with Crippen molar-refractivity contribution in [2.24, 2.45) is 0 Å². The van der Waals surface area contributed by atoms with Crippen molar-refractivity contribution in [2.75, 3.05) is 5.32 Å². The number of nitrogens with one attached hydrogen (secondary N) is 2. The van der Waals surface area contributed by atoms with Gasteiger partial charge in [-0.05, 0) is 67.1 Å². The molecule has 1 aromatic heterocycles. The first-order valence-electron chi connectivity index (χ1n) is 10.1. The Hall–Kier alpha value is -3.48. The maximum Gasteiger partial charge on any atom is 0.326 e. The molecule has 1 fully saturated rings. The highest BCUT2D eigenvalue weighted by molar-refractivity contribution is 5.96. The fourth-order valence-corrected chi connectivity index (χ4v) is 3.34. The number of carbonyl (C=O) groups is 2. The second-order valence-electron chi connectivity index (χ2n) is 7.69. The van der Waals surface area contributed by atoms with E-state index in [1.807, 2.05) is 43.3 Å². The molecule has 1 aliphatic rings. The Bertz CT molecular complexity index is 1120. The summed E-state index contributed by atoms with van der Waals surface area (Å²) in [5, 5.41) is 15.9. The van der Waals surface area contributed by atoms with E-state index in [0.29, 0.717) is 24.0 Å². The first-order valence-corrected chi connectivity index (χ1v) is 10.1. The summed E-state index contributed by atoms with van der Waals surface area (Å²) in [6, 6.07) is 11.1. The van der Waals surface area contributed by atoms with Gasteiger partial charge < -0.3 is 15.7 Å². The number of hydrogen-bond acceptors (Lipinski definition) is 5. The van der Waals surface area contributed by atoms with Crippen molar-refractivity contribution in [3.63, 3.8) is 0 Å². The SMILES string of the molecule is CC[C@H](Nc1ncc2cc(-c3cc(C(=O)NC4CC4)ccc3C)ccc2n1)C(=O)O. The summed E-state index contributed by atoms with van der Waals surface area (Å²) in [6.07, 6.45) is 4.22. The number of aliphatic carboxylic acids is 1. The molecule has 0 saturated heterocycles. The average Bonchev–Trinajstić information content (AvgIpc) is 3.55. The van der Waals surface area contributed by atoms with Crippen LogP contribution in [0, 0.1) is 6.92 Å². The van der Waals surface area contributed by atoms with E-state index in [1.165, 1.54) is 0 Å². The van der Waals surface area contributed by atoms with E-state index in [4.69, 9.17) is 0 Å². The number of amides is 1. The normalized spacial score (nSPS) is 14.3. The van der Waals surface area contributed by atoms with Crippen LogP contribution in [0.3, 0.4) is 0 Å². The number of fused-ring (bicyclic) bond motifs is 1. The van der Waals surface area contributed by atoms with Crippen LogP contribution in [0.25, 0.3) is 22.0 Å². The molecule has 7 heteroatoms. The number of carboxylic acids is 1. The number of benzene rings is 2. The minimum Gasteiger partial charge on any atom is -0.480 e. The third-order valence-electron chi connectivity index (χ3n) is 5.31. The molecule has 2 aromatic carbocycles. The van der Waals surface area contributed by atoms with Gasteiger partial charge in [-0.2, -0.15) is 0 Å². The quantitative estimate of drug-likeness (QED) is 0.554. The zero-order valence-electron chi connectivity index (χ0n) is 17.0. The number of aryl methyl sites for hydroxylation is 1. The maximum absolute atomic E-state index is 12.4. The third-order valence-corrected chi connectivity index (χ3v) is 5.31. The lowest BCUT2D eigenvalue weighted by Crippen LogP contribution is -2.29. The fraction of sp³-hybridized carbons (Fsp3) is 0.304. The summed E-state index contributed by atoms with van der Waals surface area (Å²) in [5.41, 5.74) is 4.40. The Kier molecular flexibility index (Phi) is 5.35. The van der Waals surface area contributed by atoms with Gasteiger partial charge in [0.15, 0.2) is 0 Å². The molecule has 0 unspecified atom stereocenters. The first-order chi connectivity index (χ1) is 14.4. The minimum absolute atomic E-state index is 0.0394. The lowest BCUT2D eigenvalue weighted by atomic mass is 9.97. The molecule has 0 aliphatic heterocycles. The van der Waals surface area contributed by atoms with Gasteiger partial charge in [0, 0.05) is 23.2 Å². The number of carbonyl (C=O) groups excluding carboxylic acids is 1. The van der Waals surface area contributed by atoms with Crippen molar-refractivity contribution in [1.82, 2.24) is 15.3 Å². The Labute approximate surface area is 174 Å². The van der Waals surface area contributed by atoms with Gasteiger partial charge in [0.1, 0.15) is 6.04 Å². The van der Waals surface area contributed by atoms with Gasteiger partial charge in [0.25, 0.3) is 5.91 Å². The van der Waals surface area contributed by atoms with Crippen LogP contribution in [0.15, 0.2) is 42.6 Å². The molecule has 0 radical (unpaired) electrons. The predicted octanol–water partition coefficient (Wildman–Crippen LogP) is 3.77. The number of carboxylic acid groups (broad SMARTS) is 1. The van der Waals surface area contributed by atoms with E-state index in [0.717, 1.165) is 40.4 Å². The van der Waals surface area contributed by atoms with Crippen LogP contribution >= 0.6 is 0 Å². The van der Waals surface area contributed by atoms with Gasteiger partial charge in [-0.1, -0.05) is 19.1 Å². The summed E-state index contributed by atoms with van der Waals surface area (Å²) in [4.78, 5) is 32.4. The Morgan fingerprint density at radius 2 is 2.00 bits per heavy atom. The van der Waals surface area contributed by atoms with Crippen LogP contribution in [-0.2, 0) is 4.79 Å². The van der Waals surface area contributed by atoms with E-state index < -0.39 is 12.0 Å². The fourth-order valence-electron chi connectivity index (χ4n) is 3.34. The molecular formula is C23H24N4O3. The van der Waals surface area contributed by atoms with E-state index in [9.17, 15) is 14.7 Å². The summed E-state index contributed by atoms with van der Waals surface area (Å²) in [6.45, 7) is 3.81. The highest BCUT2D eigenvalue weighted by Gasteiger charge is 2.24. The molecule has 1 aliphatic carbocycles. The van der Waals surface area contributed by atoms with Gasteiger partial charge >= 0.3 is 5.97 Å². The molecule has 1 saturated carbocycles. The molecule has 0 bridgehead atoms. The van der Waals surface area contributed by atoms with Crippen molar-refractivity contribution in [1.29, 1.82) is 0 Å². The third kappa shape index (κ3) is 4.25. The summed E-state index contributed by atoms with van der Waals surface area (Å²) in [5.74, 6) is -0.681. The van der Waals surface area contributed by atoms with Crippen molar-refractivity contribution >= 4 is 28.7 Å². The lowest BCUT2D eigenvalue weighted by molar-refractivity contribution is -0.138. The summed E-state index contributed by atoms with van der Waals surface area (Å²) in [7, 11) is 0. The number of rotatable bonds is 7. The zero-order chi connectivity index (χ0) is 21.3.